The van der Waals surface area contributed by atoms with E-state index in [2.05, 4.69) is 25.8 Å². The van der Waals surface area contributed by atoms with Gasteiger partial charge in [0.15, 0.2) is 0 Å². The van der Waals surface area contributed by atoms with Gasteiger partial charge >= 0.3 is 5.97 Å². The molecule has 21 heavy (non-hydrogen) atoms. The van der Waals surface area contributed by atoms with Crippen LogP contribution in [0.25, 0.3) is 0 Å². The van der Waals surface area contributed by atoms with Crippen LogP contribution in [-0.2, 0) is 11.2 Å². The van der Waals surface area contributed by atoms with E-state index in [1.165, 1.54) is 0 Å². The van der Waals surface area contributed by atoms with Crippen LogP contribution in [0, 0.1) is 6.92 Å². The Morgan fingerprint density at radius 3 is 2.67 bits per heavy atom. The average Bonchev–Trinajstić information content (AvgIpc) is 2.46. The molecule has 1 unspecified atom stereocenters. The van der Waals surface area contributed by atoms with Crippen LogP contribution in [0.1, 0.15) is 63.0 Å². The predicted octanol–water partition coefficient (Wildman–Crippen LogP) is 2.91. The van der Waals surface area contributed by atoms with Gasteiger partial charge in [-0.15, -0.1) is 0 Å². The standard InChI is InChI=1S/C16H25N3O2/c1-5-12-11(4)17-14(10(2)3)18-15(12)19-9-7-6-8-13(19)16(20)21/h10,13H,5-9H2,1-4H3,(H,20,21). The van der Waals surface area contributed by atoms with Gasteiger partial charge in [-0.3, -0.25) is 0 Å². The summed E-state index contributed by atoms with van der Waals surface area (Å²) in [5, 5.41) is 9.50. The van der Waals surface area contributed by atoms with Crippen molar-refractivity contribution in [2.45, 2.75) is 65.3 Å². The van der Waals surface area contributed by atoms with Gasteiger partial charge in [0.05, 0.1) is 0 Å². The number of aryl methyl sites for hydroxylation is 1. The molecule has 1 saturated heterocycles. The summed E-state index contributed by atoms with van der Waals surface area (Å²) >= 11 is 0. The summed E-state index contributed by atoms with van der Waals surface area (Å²) in [7, 11) is 0. The number of carboxylic acid groups (broad SMARTS) is 1. The van der Waals surface area contributed by atoms with Crippen molar-refractivity contribution in [1.29, 1.82) is 0 Å². The number of piperidine rings is 1. The summed E-state index contributed by atoms with van der Waals surface area (Å²) in [5.74, 6) is 1.12. The predicted molar refractivity (Wildman–Crippen MR) is 82.9 cm³/mol. The highest BCUT2D eigenvalue weighted by Crippen LogP contribution is 2.29. The largest absolute Gasteiger partial charge is 0.480 e. The van der Waals surface area contributed by atoms with Crippen LogP contribution in [-0.4, -0.2) is 33.6 Å². The van der Waals surface area contributed by atoms with E-state index >= 15 is 0 Å². The molecule has 0 amide bonds. The van der Waals surface area contributed by atoms with E-state index in [1.54, 1.807) is 0 Å². The van der Waals surface area contributed by atoms with Crippen LogP contribution < -0.4 is 4.90 Å². The van der Waals surface area contributed by atoms with Crippen LogP contribution in [0.15, 0.2) is 0 Å². The molecule has 0 saturated carbocycles. The first-order valence-corrected chi connectivity index (χ1v) is 7.82. The molecule has 0 spiro atoms. The third kappa shape index (κ3) is 3.17. The molecule has 0 aliphatic carbocycles. The molecule has 1 aliphatic heterocycles. The third-order valence-corrected chi connectivity index (χ3v) is 4.14. The number of carboxylic acids is 1. The Kier molecular flexibility index (Phi) is 4.80. The molecule has 0 bridgehead atoms. The van der Waals surface area contributed by atoms with Crippen molar-refractivity contribution in [2.24, 2.45) is 0 Å². The minimum Gasteiger partial charge on any atom is -0.480 e. The molecular weight excluding hydrogens is 266 g/mol. The van der Waals surface area contributed by atoms with Crippen molar-refractivity contribution >= 4 is 11.8 Å². The van der Waals surface area contributed by atoms with Crippen LogP contribution in [0.3, 0.4) is 0 Å². The van der Waals surface area contributed by atoms with Gasteiger partial charge in [0.2, 0.25) is 0 Å². The molecule has 2 heterocycles. The molecule has 2 rings (SSSR count). The fourth-order valence-corrected chi connectivity index (χ4v) is 2.95. The zero-order valence-electron chi connectivity index (χ0n) is 13.4. The van der Waals surface area contributed by atoms with E-state index < -0.39 is 12.0 Å². The van der Waals surface area contributed by atoms with Gasteiger partial charge in [-0.2, -0.15) is 0 Å². The van der Waals surface area contributed by atoms with E-state index in [0.717, 1.165) is 48.7 Å². The van der Waals surface area contributed by atoms with E-state index in [9.17, 15) is 9.90 Å². The van der Waals surface area contributed by atoms with Crippen molar-refractivity contribution in [3.63, 3.8) is 0 Å². The molecule has 1 aromatic heterocycles. The molecule has 1 fully saturated rings. The molecule has 5 nitrogen and oxygen atoms in total. The third-order valence-electron chi connectivity index (χ3n) is 4.14. The van der Waals surface area contributed by atoms with Crippen LogP contribution >= 0.6 is 0 Å². The monoisotopic (exact) mass is 291 g/mol. The first-order valence-electron chi connectivity index (χ1n) is 7.82. The summed E-state index contributed by atoms with van der Waals surface area (Å²) < 4.78 is 0. The van der Waals surface area contributed by atoms with Gasteiger partial charge in [-0.25, -0.2) is 14.8 Å². The number of aromatic nitrogens is 2. The van der Waals surface area contributed by atoms with Crippen LogP contribution in [0.2, 0.25) is 0 Å². The van der Waals surface area contributed by atoms with Gasteiger partial charge in [0.25, 0.3) is 0 Å². The summed E-state index contributed by atoms with van der Waals surface area (Å²) in [6.07, 6.45) is 3.50. The number of anilines is 1. The van der Waals surface area contributed by atoms with Crippen molar-refractivity contribution in [3.05, 3.63) is 17.1 Å². The summed E-state index contributed by atoms with van der Waals surface area (Å²) in [6.45, 7) is 8.96. The van der Waals surface area contributed by atoms with E-state index in [4.69, 9.17) is 4.98 Å². The molecule has 1 aromatic rings. The number of aliphatic carboxylic acids is 1. The van der Waals surface area contributed by atoms with E-state index in [1.807, 2.05) is 11.8 Å². The molecule has 1 aliphatic rings. The highest BCUT2D eigenvalue weighted by molar-refractivity contribution is 5.78. The zero-order chi connectivity index (χ0) is 15.6. The minimum atomic E-state index is -0.751. The Morgan fingerprint density at radius 1 is 1.38 bits per heavy atom. The van der Waals surface area contributed by atoms with Crippen LogP contribution in [0.4, 0.5) is 5.82 Å². The first-order chi connectivity index (χ1) is 9.95. The lowest BCUT2D eigenvalue weighted by Crippen LogP contribution is -2.46. The van der Waals surface area contributed by atoms with Gasteiger partial charge < -0.3 is 10.0 Å². The molecular formula is C16H25N3O2. The Bertz CT molecular complexity index is 528. The number of hydrogen-bond acceptors (Lipinski definition) is 4. The van der Waals surface area contributed by atoms with Gasteiger partial charge in [-0.1, -0.05) is 20.8 Å². The molecule has 1 atom stereocenters. The second kappa shape index (κ2) is 6.41. The second-order valence-electron chi connectivity index (χ2n) is 6.02. The fourth-order valence-electron chi connectivity index (χ4n) is 2.95. The average molecular weight is 291 g/mol. The minimum absolute atomic E-state index is 0.237. The van der Waals surface area contributed by atoms with Crippen molar-refractivity contribution in [1.82, 2.24) is 9.97 Å². The number of nitrogens with zero attached hydrogens (tertiary/aromatic N) is 3. The van der Waals surface area contributed by atoms with Crippen molar-refractivity contribution in [3.8, 4) is 0 Å². The quantitative estimate of drug-likeness (QED) is 0.924. The molecule has 0 aromatic carbocycles. The number of rotatable bonds is 4. The lowest BCUT2D eigenvalue weighted by molar-refractivity contribution is -0.139. The summed E-state index contributed by atoms with van der Waals surface area (Å²) in [4.78, 5) is 22.8. The van der Waals surface area contributed by atoms with Crippen molar-refractivity contribution < 1.29 is 9.90 Å². The fraction of sp³-hybridized carbons (Fsp3) is 0.688. The topological polar surface area (TPSA) is 66.3 Å². The van der Waals surface area contributed by atoms with Crippen molar-refractivity contribution in [2.75, 3.05) is 11.4 Å². The Balaban J connectivity index is 2.51. The maximum atomic E-state index is 11.6. The zero-order valence-corrected chi connectivity index (χ0v) is 13.4. The molecule has 0 radical (unpaired) electrons. The smallest absolute Gasteiger partial charge is 0.326 e. The Morgan fingerprint density at radius 2 is 2.10 bits per heavy atom. The highest BCUT2D eigenvalue weighted by Gasteiger charge is 2.31. The molecule has 5 heteroatoms. The Hall–Kier alpha value is -1.65. The lowest BCUT2D eigenvalue weighted by Gasteiger charge is -2.35. The number of hydrogen-bond donors (Lipinski definition) is 1. The van der Waals surface area contributed by atoms with E-state index in [0.29, 0.717) is 6.42 Å². The molecule has 1 N–H and O–H groups in total. The first kappa shape index (κ1) is 15.7. The maximum Gasteiger partial charge on any atom is 0.326 e. The second-order valence-corrected chi connectivity index (χ2v) is 6.02. The van der Waals surface area contributed by atoms with Gasteiger partial charge in [0.1, 0.15) is 17.7 Å². The summed E-state index contributed by atoms with van der Waals surface area (Å²) in [5.41, 5.74) is 2.05. The Labute approximate surface area is 126 Å². The SMILES string of the molecule is CCc1c(C)nc(C(C)C)nc1N1CCCCC1C(=O)O. The normalized spacial score (nSPS) is 19.1. The van der Waals surface area contributed by atoms with Crippen LogP contribution in [0.5, 0.6) is 0 Å². The maximum absolute atomic E-state index is 11.6. The number of carbonyl (C=O) groups is 1. The molecule has 116 valence electrons. The van der Waals surface area contributed by atoms with E-state index in [-0.39, 0.29) is 5.92 Å². The summed E-state index contributed by atoms with van der Waals surface area (Å²) in [6, 6.07) is -0.460. The highest BCUT2D eigenvalue weighted by atomic mass is 16.4. The lowest BCUT2D eigenvalue weighted by atomic mass is 10.0. The van der Waals surface area contributed by atoms with Gasteiger partial charge in [-0.05, 0) is 32.6 Å². The van der Waals surface area contributed by atoms with Gasteiger partial charge in [0, 0.05) is 23.7 Å².